The quantitative estimate of drug-likeness (QED) is 0.327. The Morgan fingerprint density at radius 2 is 2.00 bits per heavy atom. The van der Waals surface area contributed by atoms with Crippen LogP contribution in [0.1, 0.15) is 37.3 Å². The van der Waals surface area contributed by atoms with Crippen molar-refractivity contribution in [3.8, 4) is 17.0 Å². The number of esters is 1. The number of nitrogens with zero attached hydrogens (tertiary/aromatic N) is 2. The number of carbonyl (C=O) groups excluding carboxylic acids is 2. The molecule has 0 fully saturated rings. The molecule has 1 aliphatic heterocycles. The Hall–Kier alpha value is -3.19. The lowest BCUT2D eigenvalue weighted by atomic mass is 10.1. The van der Waals surface area contributed by atoms with E-state index in [0.717, 1.165) is 41.9 Å². The fourth-order valence-corrected chi connectivity index (χ4v) is 4.69. The SMILES string of the molecule is CCCc1nc(-c2ccc3c(c2)N(CC(=O)OCCCc2ccccc2)C(=O)C(C)O3)cs1. The van der Waals surface area contributed by atoms with Crippen LogP contribution in [0.2, 0.25) is 0 Å². The van der Waals surface area contributed by atoms with Crippen LogP contribution in [-0.2, 0) is 27.2 Å². The van der Waals surface area contributed by atoms with Gasteiger partial charge in [-0.15, -0.1) is 11.3 Å². The van der Waals surface area contributed by atoms with Crippen molar-refractivity contribution in [3.63, 3.8) is 0 Å². The summed E-state index contributed by atoms with van der Waals surface area (Å²) in [6.07, 6.45) is 2.88. The highest BCUT2D eigenvalue weighted by molar-refractivity contribution is 7.09. The summed E-state index contributed by atoms with van der Waals surface area (Å²) in [7, 11) is 0. The zero-order valence-corrected chi connectivity index (χ0v) is 19.8. The molecule has 0 N–H and O–H groups in total. The molecule has 1 aromatic heterocycles. The Bertz CT molecular complexity index is 1110. The number of fused-ring (bicyclic) bond motifs is 1. The van der Waals surface area contributed by atoms with E-state index in [1.54, 1.807) is 18.3 Å². The van der Waals surface area contributed by atoms with E-state index in [1.807, 2.05) is 41.8 Å². The lowest BCUT2D eigenvalue weighted by Gasteiger charge is -2.32. The minimum atomic E-state index is -0.662. The van der Waals surface area contributed by atoms with Crippen LogP contribution >= 0.6 is 11.3 Å². The molecule has 1 atom stereocenters. The van der Waals surface area contributed by atoms with E-state index >= 15 is 0 Å². The van der Waals surface area contributed by atoms with Crippen molar-refractivity contribution in [1.29, 1.82) is 0 Å². The molecule has 2 heterocycles. The monoisotopic (exact) mass is 464 g/mol. The van der Waals surface area contributed by atoms with Gasteiger partial charge in [0.2, 0.25) is 0 Å². The van der Waals surface area contributed by atoms with Crippen LogP contribution in [0, 0.1) is 0 Å². The second-order valence-electron chi connectivity index (χ2n) is 8.05. The molecule has 6 nitrogen and oxygen atoms in total. The number of amides is 1. The third kappa shape index (κ3) is 5.60. The van der Waals surface area contributed by atoms with Crippen LogP contribution in [0.25, 0.3) is 11.3 Å². The van der Waals surface area contributed by atoms with Gasteiger partial charge in [0.15, 0.2) is 6.10 Å². The van der Waals surface area contributed by atoms with Gasteiger partial charge in [-0.05, 0) is 56.4 Å². The van der Waals surface area contributed by atoms with Gasteiger partial charge in [0.05, 0.1) is 23.0 Å². The predicted octanol–water partition coefficient (Wildman–Crippen LogP) is 5.05. The maximum Gasteiger partial charge on any atom is 0.326 e. The Balaban J connectivity index is 1.44. The number of hydrogen-bond donors (Lipinski definition) is 0. The van der Waals surface area contributed by atoms with E-state index in [0.29, 0.717) is 18.0 Å². The first-order chi connectivity index (χ1) is 16.0. The number of rotatable bonds is 9. The number of hydrogen-bond acceptors (Lipinski definition) is 6. The van der Waals surface area contributed by atoms with Gasteiger partial charge < -0.3 is 9.47 Å². The summed E-state index contributed by atoms with van der Waals surface area (Å²) in [5, 5.41) is 3.11. The Labute approximate surface area is 198 Å². The molecule has 172 valence electrons. The molecular formula is C26H28N2O4S. The molecule has 7 heteroatoms. The van der Waals surface area contributed by atoms with Crippen LogP contribution in [0.15, 0.2) is 53.9 Å². The third-order valence-electron chi connectivity index (χ3n) is 5.48. The van der Waals surface area contributed by atoms with Crippen LogP contribution in [0.5, 0.6) is 5.75 Å². The summed E-state index contributed by atoms with van der Waals surface area (Å²) in [6.45, 7) is 3.98. The largest absolute Gasteiger partial charge is 0.479 e. The molecule has 1 amide bonds. The average Bonchev–Trinajstić information content (AvgIpc) is 3.29. The molecule has 0 spiro atoms. The van der Waals surface area contributed by atoms with Crippen molar-refractivity contribution in [2.45, 2.75) is 45.6 Å². The minimum Gasteiger partial charge on any atom is -0.479 e. The molecule has 0 saturated heterocycles. The van der Waals surface area contributed by atoms with E-state index in [4.69, 9.17) is 14.5 Å². The highest BCUT2D eigenvalue weighted by atomic mass is 32.1. The molecule has 2 aromatic carbocycles. The molecule has 0 radical (unpaired) electrons. The summed E-state index contributed by atoms with van der Waals surface area (Å²) in [5.41, 5.74) is 3.53. The number of aromatic nitrogens is 1. The molecular weight excluding hydrogens is 436 g/mol. The van der Waals surface area contributed by atoms with Gasteiger partial charge in [-0.25, -0.2) is 4.98 Å². The number of carbonyl (C=O) groups is 2. The van der Waals surface area contributed by atoms with Crippen molar-refractivity contribution in [3.05, 3.63) is 64.5 Å². The smallest absolute Gasteiger partial charge is 0.326 e. The Morgan fingerprint density at radius 3 is 2.79 bits per heavy atom. The van der Waals surface area contributed by atoms with E-state index in [2.05, 4.69) is 19.1 Å². The molecule has 0 aliphatic carbocycles. The Morgan fingerprint density at radius 1 is 1.18 bits per heavy atom. The predicted molar refractivity (Wildman–Crippen MR) is 130 cm³/mol. The van der Waals surface area contributed by atoms with Gasteiger partial charge in [0, 0.05) is 10.9 Å². The normalized spacial score (nSPS) is 15.2. The highest BCUT2D eigenvalue weighted by Gasteiger charge is 2.33. The standard InChI is InChI=1S/C26H28N2O4S/c1-3-8-24-27-21(17-33-24)20-12-13-23-22(15-20)28(26(30)18(2)32-23)16-25(29)31-14-7-11-19-9-5-4-6-10-19/h4-6,9-10,12-13,15,17-18H,3,7-8,11,14,16H2,1-2H3. The van der Waals surface area contributed by atoms with Gasteiger partial charge in [-0.2, -0.15) is 0 Å². The lowest BCUT2D eigenvalue weighted by Crippen LogP contribution is -2.47. The topological polar surface area (TPSA) is 68.7 Å². The van der Waals surface area contributed by atoms with Gasteiger partial charge in [-0.1, -0.05) is 37.3 Å². The van der Waals surface area contributed by atoms with Crippen molar-refractivity contribution in [2.75, 3.05) is 18.1 Å². The van der Waals surface area contributed by atoms with Crippen LogP contribution in [-0.4, -0.2) is 36.1 Å². The lowest BCUT2D eigenvalue weighted by molar-refractivity contribution is -0.143. The molecule has 0 bridgehead atoms. The minimum absolute atomic E-state index is 0.146. The second kappa shape index (κ2) is 10.6. The van der Waals surface area contributed by atoms with Gasteiger partial charge >= 0.3 is 5.97 Å². The highest BCUT2D eigenvalue weighted by Crippen LogP contribution is 2.37. The number of ether oxygens (including phenoxy) is 2. The summed E-state index contributed by atoms with van der Waals surface area (Å²) in [6, 6.07) is 15.7. The molecule has 33 heavy (non-hydrogen) atoms. The molecule has 1 unspecified atom stereocenters. The summed E-state index contributed by atoms with van der Waals surface area (Å²) in [4.78, 5) is 31.6. The fourth-order valence-electron chi connectivity index (χ4n) is 3.78. The number of aryl methyl sites for hydroxylation is 2. The van der Waals surface area contributed by atoms with Crippen molar-refractivity contribution in [2.24, 2.45) is 0 Å². The van der Waals surface area contributed by atoms with E-state index < -0.39 is 12.1 Å². The van der Waals surface area contributed by atoms with Crippen LogP contribution in [0.4, 0.5) is 5.69 Å². The fraction of sp³-hybridized carbons (Fsp3) is 0.346. The average molecular weight is 465 g/mol. The van der Waals surface area contributed by atoms with Crippen LogP contribution < -0.4 is 9.64 Å². The summed E-state index contributed by atoms with van der Waals surface area (Å²) in [5.74, 6) is -0.113. The molecule has 3 aromatic rings. The molecule has 1 aliphatic rings. The molecule has 0 saturated carbocycles. The zero-order chi connectivity index (χ0) is 23.2. The zero-order valence-electron chi connectivity index (χ0n) is 19.0. The van der Waals surface area contributed by atoms with Gasteiger partial charge in [-0.3, -0.25) is 14.5 Å². The number of benzene rings is 2. The summed E-state index contributed by atoms with van der Waals surface area (Å²) >= 11 is 1.63. The van der Waals surface area contributed by atoms with Gasteiger partial charge in [0.25, 0.3) is 5.91 Å². The van der Waals surface area contributed by atoms with E-state index in [9.17, 15) is 9.59 Å². The van der Waals surface area contributed by atoms with Gasteiger partial charge in [0.1, 0.15) is 12.3 Å². The van der Waals surface area contributed by atoms with Crippen molar-refractivity contribution >= 4 is 28.9 Å². The first kappa shape index (κ1) is 23.0. The maximum absolute atomic E-state index is 12.9. The summed E-state index contributed by atoms with van der Waals surface area (Å²) < 4.78 is 11.2. The first-order valence-electron chi connectivity index (χ1n) is 11.3. The number of thiazole rings is 1. The van der Waals surface area contributed by atoms with Crippen molar-refractivity contribution < 1.29 is 19.1 Å². The third-order valence-corrected chi connectivity index (χ3v) is 6.39. The van der Waals surface area contributed by atoms with E-state index in [-0.39, 0.29) is 12.5 Å². The number of anilines is 1. The molecule has 4 rings (SSSR count). The first-order valence-corrected chi connectivity index (χ1v) is 12.2. The van der Waals surface area contributed by atoms with Crippen molar-refractivity contribution in [1.82, 2.24) is 4.98 Å². The van der Waals surface area contributed by atoms with Crippen LogP contribution in [0.3, 0.4) is 0 Å². The van der Waals surface area contributed by atoms with E-state index in [1.165, 1.54) is 10.5 Å². The second-order valence-corrected chi connectivity index (χ2v) is 9.00. The Kier molecular flexibility index (Phi) is 7.40. The maximum atomic E-state index is 12.9.